The molecule has 200 valence electrons. The number of hydrogen-bond acceptors (Lipinski definition) is 6. The largest absolute Gasteiger partial charge is 0.342 e. The number of nitrogens with zero attached hydrogens (tertiary/aromatic N) is 5. The normalized spacial score (nSPS) is 20.7. The third kappa shape index (κ3) is 4.97. The first-order chi connectivity index (χ1) is 17.5. The summed E-state index contributed by atoms with van der Waals surface area (Å²) in [4.78, 5) is 21.6. The third-order valence-electron chi connectivity index (χ3n) is 8.45. The van der Waals surface area contributed by atoms with Crippen molar-refractivity contribution in [3.63, 3.8) is 0 Å². The van der Waals surface area contributed by atoms with Crippen LogP contribution in [0.1, 0.15) is 52.4 Å². The summed E-state index contributed by atoms with van der Waals surface area (Å²) in [6, 6.07) is 3.82. The minimum Gasteiger partial charge on any atom is -0.342 e. The van der Waals surface area contributed by atoms with Crippen LogP contribution in [0.4, 0.5) is 5.95 Å². The monoisotopic (exact) mass is 562 g/mol. The third-order valence-corrected chi connectivity index (χ3v) is 11.3. The van der Waals surface area contributed by atoms with Gasteiger partial charge < -0.3 is 4.90 Å². The van der Waals surface area contributed by atoms with Crippen LogP contribution in [0.2, 0.25) is 5.02 Å². The van der Waals surface area contributed by atoms with Crippen LogP contribution in [-0.4, -0.2) is 41.4 Å². The number of rotatable bonds is 6. The second kappa shape index (κ2) is 10.0. The molecule has 2 fully saturated rings. The quantitative estimate of drug-likeness (QED) is 0.469. The van der Waals surface area contributed by atoms with Crippen LogP contribution in [-0.2, 0) is 25.1 Å². The van der Waals surface area contributed by atoms with Crippen molar-refractivity contribution in [1.82, 2.24) is 19.3 Å². The van der Waals surface area contributed by atoms with Crippen molar-refractivity contribution in [1.29, 1.82) is 0 Å². The van der Waals surface area contributed by atoms with Crippen LogP contribution in [0, 0.1) is 11.3 Å². The van der Waals surface area contributed by atoms with Crippen molar-refractivity contribution in [2.24, 2.45) is 30.6 Å². The summed E-state index contributed by atoms with van der Waals surface area (Å²) in [6.45, 7) is 5.76. The summed E-state index contributed by atoms with van der Waals surface area (Å²) >= 11 is 7.98. The van der Waals surface area contributed by atoms with Crippen molar-refractivity contribution in [2.75, 3.05) is 18.0 Å². The highest BCUT2D eigenvalue weighted by Gasteiger charge is 2.47. The van der Waals surface area contributed by atoms with Gasteiger partial charge in [-0.25, -0.2) is 9.19 Å². The molecule has 1 spiro atoms. The van der Waals surface area contributed by atoms with E-state index in [2.05, 4.69) is 10.00 Å². The molecular weight excluding hydrogens is 528 g/mol. The molecule has 0 radical (unpaired) electrons. The fourth-order valence-corrected chi connectivity index (χ4v) is 7.84. The molecule has 3 heterocycles. The lowest BCUT2D eigenvalue weighted by Gasteiger charge is -2.45. The maximum Gasteiger partial charge on any atom is 0.268 e. The minimum absolute atomic E-state index is 0.0800. The minimum atomic E-state index is -1.33. The van der Waals surface area contributed by atoms with Gasteiger partial charge in [0, 0.05) is 43.7 Å². The SMILES string of the molecule is Cn1cc2c(Cl)c(Sc3cnc(N4CCC5(CCC[C@@H]5CC(C)(C)S(N)=O)CC4)n(C)c3=O)ccc2n1. The molecule has 2 aromatic heterocycles. The van der Waals surface area contributed by atoms with Crippen molar-refractivity contribution in [2.45, 2.75) is 66.9 Å². The number of nitrogens with two attached hydrogens (primary N) is 1. The van der Waals surface area contributed by atoms with Crippen LogP contribution in [0.15, 0.2) is 39.1 Å². The molecule has 0 amide bonds. The Labute approximate surface area is 229 Å². The summed E-state index contributed by atoms with van der Waals surface area (Å²) in [7, 11) is 2.32. The number of anilines is 1. The zero-order valence-electron chi connectivity index (χ0n) is 21.9. The van der Waals surface area contributed by atoms with Crippen LogP contribution >= 0.6 is 23.4 Å². The van der Waals surface area contributed by atoms with Crippen molar-refractivity contribution >= 4 is 51.2 Å². The summed E-state index contributed by atoms with van der Waals surface area (Å²) in [5.74, 6) is 1.24. The number of piperidine rings is 1. The van der Waals surface area contributed by atoms with Crippen LogP contribution < -0.4 is 15.6 Å². The predicted molar refractivity (Wildman–Crippen MR) is 152 cm³/mol. The van der Waals surface area contributed by atoms with E-state index in [-0.39, 0.29) is 15.7 Å². The molecular formula is C26H35ClN6O2S2. The van der Waals surface area contributed by atoms with Crippen molar-refractivity contribution < 1.29 is 4.21 Å². The molecule has 1 saturated heterocycles. The van der Waals surface area contributed by atoms with Gasteiger partial charge in [-0.15, -0.1) is 0 Å². The number of fused-ring (bicyclic) bond motifs is 1. The Morgan fingerprint density at radius 3 is 2.65 bits per heavy atom. The van der Waals surface area contributed by atoms with E-state index in [1.54, 1.807) is 22.5 Å². The first-order valence-corrected chi connectivity index (χ1v) is 15.2. The van der Waals surface area contributed by atoms with Gasteiger partial charge in [-0.05, 0) is 69.4 Å². The Morgan fingerprint density at radius 1 is 1.22 bits per heavy atom. The molecule has 5 rings (SSSR count). The highest BCUT2D eigenvalue weighted by molar-refractivity contribution is 7.99. The Hall–Kier alpha value is -1.88. The van der Waals surface area contributed by atoms with Crippen molar-refractivity contribution in [3.8, 4) is 0 Å². The molecule has 2 N–H and O–H groups in total. The Kier molecular flexibility index (Phi) is 7.23. The molecule has 2 aliphatic rings. The Bertz CT molecular complexity index is 1410. The van der Waals surface area contributed by atoms with E-state index >= 15 is 0 Å². The highest BCUT2D eigenvalue weighted by atomic mass is 35.5. The van der Waals surface area contributed by atoms with Gasteiger partial charge >= 0.3 is 0 Å². The van der Waals surface area contributed by atoms with Gasteiger partial charge in [-0.1, -0.05) is 29.8 Å². The number of aromatic nitrogens is 4. The molecule has 11 heteroatoms. The lowest BCUT2D eigenvalue weighted by Crippen LogP contribution is -2.46. The molecule has 8 nitrogen and oxygen atoms in total. The van der Waals surface area contributed by atoms with Gasteiger partial charge in [0.25, 0.3) is 5.56 Å². The summed E-state index contributed by atoms with van der Waals surface area (Å²) < 4.78 is 15.1. The zero-order valence-corrected chi connectivity index (χ0v) is 24.3. The Balaban J connectivity index is 1.32. The van der Waals surface area contributed by atoms with Gasteiger partial charge in [-0.2, -0.15) is 5.10 Å². The number of benzene rings is 1. The average Bonchev–Trinajstić information content (AvgIpc) is 3.42. The van der Waals surface area contributed by atoms with Crippen LogP contribution in [0.5, 0.6) is 0 Å². The second-order valence-corrected chi connectivity index (χ2v) is 14.4. The van der Waals surface area contributed by atoms with Gasteiger partial charge in [-0.3, -0.25) is 19.2 Å². The van der Waals surface area contributed by atoms with Crippen LogP contribution in [0.25, 0.3) is 10.9 Å². The van der Waals surface area contributed by atoms with Gasteiger partial charge in [0.1, 0.15) is 0 Å². The number of aryl methyl sites for hydroxylation is 1. The molecule has 0 bridgehead atoms. The van der Waals surface area contributed by atoms with E-state index in [1.165, 1.54) is 31.0 Å². The maximum atomic E-state index is 13.3. The number of halogens is 1. The maximum absolute atomic E-state index is 13.3. The number of hydrogen-bond donors (Lipinski definition) is 1. The summed E-state index contributed by atoms with van der Waals surface area (Å²) in [5.41, 5.74) is 1.01. The lowest BCUT2D eigenvalue weighted by molar-refractivity contribution is 0.133. The molecule has 1 aromatic carbocycles. The fourth-order valence-electron chi connectivity index (χ4n) is 6.25. The van der Waals surface area contributed by atoms with Crippen LogP contribution in [0.3, 0.4) is 0 Å². The van der Waals surface area contributed by atoms with E-state index in [9.17, 15) is 9.00 Å². The molecule has 37 heavy (non-hydrogen) atoms. The average molecular weight is 563 g/mol. The van der Waals surface area contributed by atoms with E-state index in [0.29, 0.717) is 21.8 Å². The molecule has 1 aliphatic heterocycles. The highest BCUT2D eigenvalue weighted by Crippen LogP contribution is 2.53. The molecule has 1 saturated carbocycles. The van der Waals surface area contributed by atoms with E-state index in [0.717, 1.165) is 48.2 Å². The topological polar surface area (TPSA) is 99.0 Å². The molecule has 3 aromatic rings. The van der Waals surface area contributed by atoms with Gasteiger partial charge in [0.15, 0.2) is 0 Å². The van der Waals surface area contributed by atoms with E-state index in [4.69, 9.17) is 21.7 Å². The zero-order chi connectivity index (χ0) is 26.5. The first-order valence-electron chi connectivity index (χ1n) is 12.8. The Morgan fingerprint density at radius 2 is 1.95 bits per heavy atom. The van der Waals surface area contributed by atoms with E-state index < -0.39 is 11.0 Å². The molecule has 1 aliphatic carbocycles. The fraction of sp³-hybridized carbons (Fsp3) is 0.577. The first kappa shape index (κ1) is 26.7. The standard InChI is InChI=1S/C26H35ClN6O2S2/c1-25(2,37(28)35)14-17-6-5-9-26(17)10-12-33(13-11-26)24-29-15-21(23(34)32(24)4)36-20-8-7-19-18(22(20)27)16-31(3)30-19/h7-8,15-17H,5-6,9-14,28H2,1-4H3/t17-,37?/m1/s1. The smallest absolute Gasteiger partial charge is 0.268 e. The molecule has 2 atom stereocenters. The molecule has 1 unspecified atom stereocenters. The summed E-state index contributed by atoms with van der Waals surface area (Å²) in [5, 5.41) is 11.7. The lowest BCUT2D eigenvalue weighted by atomic mass is 9.68. The second-order valence-electron chi connectivity index (χ2n) is 11.2. The van der Waals surface area contributed by atoms with E-state index in [1.807, 2.05) is 39.2 Å². The van der Waals surface area contributed by atoms with Gasteiger partial charge in [0.05, 0.1) is 37.4 Å². The van der Waals surface area contributed by atoms with Gasteiger partial charge in [0.2, 0.25) is 5.95 Å². The van der Waals surface area contributed by atoms with Crippen molar-refractivity contribution in [3.05, 3.63) is 39.9 Å². The predicted octanol–water partition coefficient (Wildman–Crippen LogP) is 4.65. The summed E-state index contributed by atoms with van der Waals surface area (Å²) in [6.07, 6.45) is 10.2.